The van der Waals surface area contributed by atoms with Crippen LogP contribution < -0.4 is 10.6 Å². The summed E-state index contributed by atoms with van der Waals surface area (Å²) in [4.78, 5) is 25.0. The number of carbonyl (C=O) groups excluding carboxylic acids is 2. The molecule has 1 aliphatic rings. The maximum Gasteiger partial charge on any atom is 0.313 e. The molecule has 3 rings (SSSR count). The molecule has 0 aliphatic carbocycles. The molecule has 1 saturated heterocycles. The van der Waals surface area contributed by atoms with Crippen molar-refractivity contribution in [1.29, 1.82) is 0 Å². The molecule has 34 heavy (non-hydrogen) atoms. The van der Waals surface area contributed by atoms with Gasteiger partial charge in [0, 0.05) is 24.8 Å². The molecule has 2 N–H and O–H groups in total. The van der Waals surface area contributed by atoms with Crippen molar-refractivity contribution in [2.45, 2.75) is 71.2 Å². The monoisotopic (exact) mass is 485 g/mol. The molecule has 184 valence electrons. The van der Waals surface area contributed by atoms with E-state index in [0.717, 1.165) is 47.1 Å². The lowest BCUT2D eigenvalue weighted by molar-refractivity contribution is -0.136. The summed E-state index contributed by atoms with van der Waals surface area (Å²) in [7, 11) is -3.66. The molecule has 0 aromatic heterocycles. The van der Waals surface area contributed by atoms with Crippen LogP contribution in [0.15, 0.2) is 35.2 Å². The van der Waals surface area contributed by atoms with Gasteiger partial charge < -0.3 is 10.6 Å². The lowest BCUT2D eigenvalue weighted by Crippen LogP contribution is -2.46. The molecule has 0 bridgehead atoms. The number of anilines is 1. The molecule has 1 aliphatic heterocycles. The lowest BCUT2D eigenvalue weighted by Gasteiger charge is -2.35. The van der Waals surface area contributed by atoms with E-state index in [-0.39, 0.29) is 12.6 Å². The highest BCUT2D eigenvalue weighted by Gasteiger charge is 2.35. The standard InChI is InChI=1S/C26H35N3O4S/c1-17-12-18(2)16-22(15-17)28-26(31)25(30)27-10-9-23-8-6-7-11-29(23)34(32,33)24-20(4)13-19(3)14-21(24)5/h12-16,23H,6-11H2,1-5H3,(H,27,30)(H,28,31). The summed E-state index contributed by atoms with van der Waals surface area (Å²) >= 11 is 0. The summed E-state index contributed by atoms with van der Waals surface area (Å²) in [6.07, 6.45) is 2.92. The SMILES string of the molecule is Cc1cc(C)cc(NC(=O)C(=O)NCCC2CCCCN2S(=O)(=O)c2c(C)cc(C)cc2C)c1. The third-order valence-electron chi connectivity index (χ3n) is 6.19. The van der Waals surface area contributed by atoms with E-state index in [9.17, 15) is 18.0 Å². The van der Waals surface area contributed by atoms with Crippen LogP contribution in [0.3, 0.4) is 0 Å². The zero-order valence-electron chi connectivity index (χ0n) is 20.7. The number of piperidine rings is 1. The van der Waals surface area contributed by atoms with Crippen molar-refractivity contribution in [3.05, 3.63) is 58.1 Å². The Morgan fingerprint density at radius 3 is 2.09 bits per heavy atom. The second-order valence-electron chi connectivity index (χ2n) is 9.37. The first-order valence-corrected chi connectivity index (χ1v) is 13.2. The number of aryl methyl sites for hydroxylation is 5. The van der Waals surface area contributed by atoms with Gasteiger partial charge in [-0.3, -0.25) is 9.59 Å². The Labute approximate surface area is 203 Å². The van der Waals surface area contributed by atoms with Crippen molar-refractivity contribution < 1.29 is 18.0 Å². The van der Waals surface area contributed by atoms with E-state index in [1.165, 1.54) is 0 Å². The van der Waals surface area contributed by atoms with Gasteiger partial charge in [0.25, 0.3) is 0 Å². The summed E-state index contributed by atoms with van der Waals surface area (Å²) in [6, 6.07) is 9.16. The molecule has 7 nitrogen and oxygen atoms in total. The summed E-state index contributed by atoms with van der Waals surface area (Å²) in [5.74, 6) is -1.46. The predicted octanol–water partition coefficient (Wildman–Crippen LogP) is 3.92. The third kappa shape index (κ3) is 6.04. The summed E-state index contributed by atoms with van der Waals surface area (Å²) in [6.45, 7) is 10.2. The van der Waals surface area contributed by atoms with Gasteiger partial charge in [0.2, 0.25) is 10.0 Å². The molecule has 2 aromatic rings. The molecule has 2 aromatic carbocycles. The molecule has 1 heterocycles. The van der Waals surface area contributed by atoms with Gasteiger partial charge in [0.15, 0.2) is 0 Å². The van der Waals surface area contributed by atoms with Crippen LogP contribution in [0.1, 0.15) is 53.5 Å². The Kier molecular flexibility index (Phi) is 8.15. The second kappa shape index (κ2) is 10.7. The number of rotatable bonds is 6. The molecule has 8 heteroatoms. The van der Waals surface area contributed by atoms with E-state index in [1.54, 1.807) is 16.4 Å². The van der Waals surface area contributed by atoms with Crippen LogP contribution in [0.25, 0.3) is 0 Å². The number of amides is 2. The van der Waals surface area contributed by atoms with Crippen molar-refractivity contribution in [1.82, 2.24) is 9.62 Å². The fourth-order valence-corrected chi connectivity index (χ4v) is 7.08. The average molecular weight is 486 g/mol. The van der Waals surface area contributed by atoms with Gasteiger partial charge in [0.05, 0.1) is 4.90 Å². The van der Waals surface area contributed by atoms with Gasteiger partial charge in [-0.2, -0.15) is 4.31 Å². The van der Waals surface area contributed by atoms with Crippen molar-refractivity contribution in [2.75, 3.05) is 18.4 Å². The van der Waals surface area contributed by atoms with Gasteiger partial charge in [-0.05, 0) is 88.3 Å². The summed E-state index contributed by atoms with van der Waals surface area (Å²) in [5, 5.41) is 5.27. The van der Waals surface area contributed by atoms with Gasteiger partial charge in [0.1, 0.15) is 0 Å². The maximum atomic E-state index is 13.6. The van der Waals surface area contributed by atoms with E-state index in [1.807, 2.05) is 52.8 Å². The van der Waals surface area contributed by atoms with E-state index >= 15 is 0 Å². The molecule has 1 fully saturated rings. The third-order valence-corrected chi connectivity index (χ3v) is 8.45. The Morgan fingerprint density at radius 2 is 1.47 bits per heavy atom. The van der Waals surface area contributed by atoms with Crippen molar-refractivity contribution in [3.63, 3.8) is 0 Å². The number of hydrogen-bond donors (Lipinski definition) is 2. The Morgan fingerprint density at radius 1 is 0.882 bits per heavy atom. The molecule has 1 unspecified atom stereocenters. The number of hydrogen-bond acceptors (Lipinski definition) is 4. The first-order chi connectivity index (χ1) is 16.0. The largest absolute Gasteiger partial charge is 0.348 e. The minimum atomic E-state index is -3.66. The van der Waals surface area contributed by atoms with Gasteiger partial charge in [-0.25, -0.2) is 8.42 Å². The predicted molar refractivity (Wildman–Crippen MR) is 134 cm³/mol. The van der Waals surface area contributed by atoms with Crippen LogP contribution in [0.2, 0.25) is 0 Å². The number of nitrogens with one attached hydrogen (secondary N) is 2. The molecule has 0 saturated carbocycles. The number of carbonyl (C=O) groups is 2. The van der Waals surface area contributed by atoms with Crippen LogP contribution in [0.5, 0.6) is 0 Å². The lowest BCUT2D eigenvalue weighted by atomic mass is 10.0. The fraction of sp³-hybridized carbons (Fsp3) is 0.462. The normalized spacial score (nSPS) is 16.8. The van der Waals surface area contributed by atoms with E-state index in [4.69, 9.17) is 0 Å². The molecule has 2 amide bonds. The first kappa shape index (κ1) is 25.9. The molecule has 1 atom stereocenters. The molecular formula is C26H35N3O4S. The first-order valence-electron chi connectivity index (χ1n) is 11.8. The van der Waals surface area contributed by atoms with E-state index in [2.05, 4.69) is 10.6 Å². The van der Waals surface area contributed by atoms with Gasteiger partial charge in [-0.1, -0.05) is 30.2 Å². The van der Waals surface area contributed by atoms with Crippen molar-refractivity contribution in [2.24, 2.45) is 0 Å². The second-order valence-corrected chi connectivity index (χ2v) is 11.2. The number of benzene rings is 2. The van der Waals surface area contributed by atoms with Crippen LogP contribution in [0.4, 0.5) is 5.69 Å². The van der Waals surface area contributed by atoms with E-state index < -0.39 is 21.8 Å². The minimum Gasteiger partial charge on any atom is -0.348 e. The zero-order chi connectivity index (χ0) is 25.0. The summed E-state index contributed by atoms with van der Waals surface area (Å²) < 4.78 is 28.8. The molecule has 0 radical (unpaired) electrons. The highest BCUT2D eigenvalue weighted by atomic mass is 32.2. The van der Waals surface area contributed by atoms with Crippen LogP contribution in [0, 0.1) is 34.6 Å². The Hall–Kier alpha value is -2.71. The highest BCUT2D eigenvalue weighted by Crippen LogP contribution is 2.31. The number of sulfonamides is 1. The topological polar surface area (TPSA) is 95.6 Å². The molecule has 0 spiro atoms. The summed E-state index contributed by atoms with van der Waals surface area (Å²) in [5.41, 5.74) is 5.09. The van der Waals surface area contributed by atoms with Crippen LogP contribution >= 0.6 is 0 Å². The Balaban J connectivity index is 1.64. The smallest absolute Gasteiger partial charge is 0.313 e. The maximum absolute atomic E-state index is 13.6. The highest BCUT2D eigenvalue weighted by molar-refractivity contribution is 7.89. The van der Waals surface area contributed by atoms with Gasteiger partial charge in [-0.15, -0.1) is 0 Å². The van der Waals surface area contributed by atoms with Crippen molar-refractivity contribution >= 4 is 27.5 Å². The van der Waals surface area contributed by atoms with Crippen molar-refractivity contribution in [3.8, 4) is 0 Å². The zero-order valence-corrected chi connectivity index (χ0v) is 21.5. The minimum absolute atomic E-state index is 0.221. The van der Waals surface area contributed by atoms with Crippen LogP contribution in [-0.2, 0) is 19.6 Å². The van der Waals surface area contributed by atoms with E-state index in [0.29, 0.717) is 23.5 Å². The van der Waals surface area contributed by atoms with Crippen LogP contribution in [-0.4, -0.2) is 43.7 Å². The van der Waals surface area contributed by atoms with Gasteiger partial charge >= 0.3 is 11.8 Å². The fourth-order valence-electron chi connectivity index (χ4n) is 4.94. The molecular weight excluding hydrogens is 450 g/mol. The Bertz CT molecular complexity index is 1150. The average Bonchev–Trinajstić information content (AvgIpc) is 2.72. The quantitative estimate of drug-likeness (QED) is 0.607. The number of nitrogens with zero attached hydrogens (tertiary/aromatic N) is 1.